The van der Waals surface area contributed by atoms with Gasteiger partial charge in [0.25, 0.3) is 5.91 Å². The number of hydrazone groups is 1. The van der Waals surface area contributed by atoms with Crippen LogP contribution in [0.1, 0.15) is 25.8 Å². The molecule has 0 spiro atoms. The van der Waals surface area contributed by atoms with Crippen LogP contribution in [-0.4, -0.2) is 49.8 Å². The Hall–Kier alpha value is -3.79. The highest BCUT2D eigenvalue weighted by atomic mass is 19.1. The Morgan fingerprint density at radius 3 is 2.52 bits per heavy atom. The summed E-state index contributed by atoms with van der Waals surface area (Å²) in [6.45, 7) is 4.32. The van der Waals surface area contributed by atoms with Crippen molar-refractivity contribution in [2.75, 3.05) is 25.1 Å². The maximum absolute atomic E-state index is 12.9. The van der Waals surface area contributed by atoms with Gasteiger partial charge in [0.05, 0.1) is 12.3 Å². The summed E-state index contributed by atoms with van der Waals surface area (Å²) in [6.07, 6.45) is 1.99. The largest absolute Gasteiger partial charge is 0.483 e. The zero-order chi connectivity index (χ0) is 24.1. The van der Waals surface area contributed by atoms with E-state index in [1.54, 1.807) is 24.3 Å². The van der Waals surface area contributed by atoms with E-state index in [-0.39, 0.29) is 12.7 Å². The second kappa shape index (κ2) is 13.6. The molecule has 3 amide bonds. The first-order chi connectivity index (χ1) is 15.8. The maximum atomic E-state index is 12.9. The topological polar surface area (TPSA) is 118 Å². The van der Waals surface area contributed by atoms with E-state index in [9.17, 15) is 18.8 Å². The van der Waals surface area contributed by atoms with Gasteiger partial charge >= 0.3 is 11.8 Å². The van der Waals surface area contributed by atoms with E-state index < -0.39 is 23.5 Å². The number of anilines is 1. The van der Waals surface area contributed by atoms with Gasteiger partial charge in [-0.15, -0.1) is 0 Å². The number of nitrogens with zero attached hydrogens (tertiary/aromatic N) is 1. The quantitative estimate of drug-likeness (QED) is 0.207. The van der Waals surface area contributed by atoms with Gasteiger partial charge in [-0.2, -0.15) is 5.10 Å². The fourth-order valence-electron chi connectivity index (χ4n) is 2.48. The maximum Gasteiger partial charge on any atom is 0.329 e. The summed E-state index contributed by atoms with van der Waals surface area (Å²) in [5, 5.41) is 8.83. The molecule has 0 unspecified atom stereocenters. The number of hydrogen-bond acceptors (Lipinski definition) is 6. The van der Waals surface area contributed by atoms with E-state index in [4.69, 9.17) is 9.47 Å². The second-order valence-corrected chi connectivity index (χ2v) is 7.11. The summed E-state index contributed by atoms with van der Waals surface area (Å²) in [4.78, 5) is 35.6. The SMILES string of the molecule is CC(C)OCCCNC(=O)C(=O)NN=Cc1ccccc1OCC(=O)Nc1ccc(F)cc1. The molecule has 176 valence electrons. The Labute approximate surface area is 191 Å². The van der Waals surface area contributed by atoms with E-state index in [1.165, 1.54) is 30.5 Å². The van der Waals surface area contributed by atoms with Crippen molar-refractivity contribution in [3.05, 3.63) is 59.9 Å². The predicted molar refractivity (Wildman–Crippen MR) is 121 cm³/mol. The summed E-state index contributed by atoms with van der Waals surface area (Å²) in [7, 11) is 0. The number of ether oxygens (including phenoxy) is 2. The van der Waals surface area contributed by atoms with Gasteiger partial charge in [-0.05, 0) is 56.7 Å². The number of nitrogens with one attached hydrogen (secondary N) is 3. The third-order valence-corrected chi connectivity index (χ3v) is 4.04. The molecule has 0 aromatic heterocycles. The van der Waals surface area contributed by atoms with Crippen LogP contribution < -0.4 is 20.8 Å². The first-order valence-electron chi connectivity index (χ1n) is 10.3. The van der Waals surface area contributed by atoms with Crippen molar-refractivity contribution >= 4 is 29.6 Å². The van der Waals surface area contributed by atoms with Gasteiger partial charge in [-0.1, -0.05) is 12.1 Å². The molecule has 0 saturated heterocycles. The Balaban J connectivity index is 1.79. The summed E-state index contributed by atoms with van der Waals surface area (Å²) >= 11 is 0. The van der Waals surface area contributed by atoms with Gasteiger partial charge in [0.15, 0.2) is 6.61 Å². The average Bonchev–Trinajstić information content (AvgIpc) is 2.79. The number of amides is 3. The lowest BCUT2D eigenvalue weighted by Gasteiger charge is -2.09. The second-order valence-electron chi connectivity index (χ2n) is 7.11. The Morgan fingerprint density at radius 1 is 1.06 bits per heavy atom. The van der Waals surface area contributed by atoms with Gasteiger partial charge in [-0.3, -0.25) is 14.4 Å². The number of benzene rings is 2. The fraction of sp³-hybridized carbons (Fsp3) is 0.304. The Kier molecular flexibility index (Phi) is 10.5. The molecular formula is C23H27FN4O5. The predicted octanol–water partition coefficient (Wildman–Crippen LogP) is 2.22. The molecule has 0 aliphatic carbocycles. The number of rotatable bonds is 11. The molecule has 0 saturated carbocycles. The molecule has 2 rings (SSSR count). The molecular weight excluding hydrogens is 431 g/mol. The molecule has 2 aromatic carbocycles. The number of halogens is 1. The van der Waals surface area contributed by atoms with Crippen molar-refractivity contribution in [2.45, 2.75) is 26.4 Å². The minimum Gasteiger partial charge on any atom is -0.483 e. The highest BCUT2D eigenvalue weighted by molar-refractivity contribution is 6.35. The van der Waals surface area contributed by atoms with Gasteiger partial charge in [0, 0.05) is 24.4 Å². The van der Waals surface area contributed by atoms with E-state index in [0.717, 1.165) is 0 Å². The zero-order valence-corrected chi connectivity index (χ0v) is 18.5. The van der Waals surface area contributed by atoms with Crippen molar-refractivity contribution in [2.24, 2.45) is 5.10 Å². The van der Waals surface area contributed by atoms with Gasteiger partial charge in [0.1, 0.15) is 11.6 Å². The van der Waals surface area contributed by atoms with Crippen LogP contribution in [0.5, 0.6) is 5.75 Å². The average molecular weight is 458 g/mol. The van der Waals surface area contributed by atoms with Crippen molar-refractivity contribution in [3.63, 3.8) is 0 Å². The zero-order valence-electron chi connectivity index (χ0n) is 18.5. The number of carbonyl (C=O) groups excluding carboxylic acids is 3. The molecule has 0 fully saturated rings. The van der Waals surface area contributed by atoms with Gasteiger partial charge < -0.3 is 20.1 Å². The number of para-hydroxylation sites is 1. The molecule has 0 aliphatic heterocycles. The minimum absolute atomic E-state index is 0.106. The smallest absolute Gasteiger partial charge is 0.329 e. The van der Waals surface area contributed by atoms with E-state index in [2.05, 4.69) is 21.2 Å². The molecule has 0 aliphatic rings. The third-order valence-electron chi connectivity index (χ3n) is 4.04. The Morgan fingerprint density at radius 2 is 1.79 bits per heavy atom. The van der Waals surface area contributed by atoms with Crippen molar-refractivity contribution in [1.82, 2.24) is 10.7 Å². The van der Waals surface area contributed by atoms with Crippen LogP contribution in [0, 0.1) is 5.82 Å². The fourth-order valence-corrected chi connectivity index (χ4v) is 2.48. The van der Waals surface area contributed by atoms with E-state index in [0.29, 0.717) is 36.6 Å². The minimum atomic E-state index is -0.909. The van der Waals surface area contributed by atoms with Crippen LogP contribution in [0.15, 0.2) is 53.6 Å². The van der Waals surface area contributed by atoms with Crippen LogP contribution in [0.2, 0.25) is 0 Å². The molecule has 2 aromatic rings. The standard InChI is InChI=1S/C23H27FN4O5/c1-16(2)32-13-5-12-25-22(30)23(31)28-26-14-17-6-3-4-7-20(17)33-15-21(29)27-19-10-8-18(24)9-11-19/h3-4,6-11,14,16H,5,12-13,15H2,1-2H3,(H,25,30)(H,27,29)(H,28,31). The first-order valence-corrected chi connectivity index (χ1v) is 10.3. The molecule has 0 atom stereocenters. The summed E-state index contributed by atoms with van der Waals surface area (Å²) in [5.41, 5.74) is 3.06. The number of hydrogen-bond donors (Lipinski definition) is 3. The van der Waals surface area contributed by atoms with Gasteiger partial charge in [-0.25, -0.2) is 9.82 Å². The van der Waals surface area contributed by atoms with Crippen LogP contribution in [-0.2, 0) is 19.1 Å². The molecule has 0 radical (unpaired) electrons. The van der Waals surface area contributed by atoms with Crippen molar-refractivity contribution < 1.29 is 28.2 Å². The van der Waals surface area contributed by atoms with Crippen LogP contribution in [0.3, 0.4) is 0 Å². The lowest BCUT2D eigenvalue weighted by Crippen LogP contribution is -2.38. The van der Waals surface area contributed by atoms with Crippen molar-refractivity contribution in [1.29, 1.82) is 0 Å². The summed E-state index contributed by atoms with van der Waals surface area (Å²) < 4.78 is 23.8. The molecule has 10 heteroatoms. The lowest BCUT2D eigenvalue weighted by atomic mass is 10.2. The van der Waals surface area contributed by atoms with Crippen LogP contribution in [0.4, 0.5) is 10.1 Å². The molecule has 0 heterocycles. The van der Waals surface area contributed by atoms with E-state index >= 15 is 0 Å². The summed E-state index contributed by atoms with van der Waals surface area (Å²) in [5.74, 6) is -2.21. The highest BCUT2D eigenvalue weighted by Gasteiger charge is 2.12. The van der Waals surface area contributed by atoms with Crippen LogP contribution >= 0.6 is 0 Å². The van der Waals surface area contributed by atoms with Crippen LogP contribution in [0.25, 0.3) is 0 Å². The number of carbonyl (C=O) groups is 3. The molecule has 33 heavy (non-hydrogen) atoms. The van der Waals surface area contributed by atoms with Gasteiger partial charge in [0.2, 0.25) is 0 Å². The van der Waals surface area contributed by atoms with E-state index in [1.807, 2.05) is 13.8 Å². The molecule has 3 N–H and O–H groups in total. The molecule has 0 bridgehead atoms. The first kappa shape index (κ1) is 25.5. The molecule has 9 nitrogen and oxygen atoms in total. The monoisotopic (exact) mass is 458 g/mol. The Bertz CT molecular complexity index is 964. The lowest BCUT2D eigenvalue weighted by molar-refractivity contribution is -0.139. The normalized spacial score (nSPS) is 10.8. The summed E-state index contributed by atoms with van der Waals surface area (Å²) in [6, 6.07) is 12.1. The highest BCUT2D eigenvalue weighted by Crippen LogP contribution is 2.16. The third kappa shape index (κ3) is 9.92. The van der Waals surface area contributed by atoms with Crippen molar-refractivity contribution in [3.8, 4) is 5.75 Å².